The molecule has 0 amide bonds. The van der Waals surface area contributed by atoms with Gasteiger partial charge in [0.1, 0.15) is 17.3 Å². The predicted molar refractivity (Wildman–Crippen MR) is 273 cm³/mol. The second kappa shape index (κ2) is 24.0. The Morgan fingerprint density at radius 3 is 1.20 bits per heavy atom. The van der Waals surface area contributed by atoms with E-state index in [1.807, 2.05) is 0 Å². The molecule has 8 unspecified atom stereocenters. The fourth-order valence-corrected chi connectivity index (χ4v) is 10.6. The van der Waals surface area contributed by atoms with Gasteiger partial charge in [-0.3, -0.25) is 14.4 Å². The number of rotatable bonds is 13. The molecule has 1 aliphatic carbocycles. The summed E-state index contributed by atoms with van der Waals surface area (Å²) in [5.74, 6) is -6.73. The fraction of sp³-hybridized carbons (Fsp3) is 0.672. The molecule has 3 aliphatic rings. The number of ether oxygens (including phenoxy) is 3. The minimum absolute atomic E-state index is 0.0316. The highest BCUT2D eigenvalue weighted by atomic mass is 19.4. The summed E-state index contributed by atoms with van der Waals surface area (Å²) in [6.07, 6.45) is -41.4. The van der Waals surface area contributed by atoms with Crippen LogP contribution in [0.2, 0.25) is 0 Å². The molecule has 10 nitrogen and oxygen atoms in total. The Kier molecular flexibility index (Phi) is 20.5. The van der Waals surface area contributed by atoms with Gasteiger partial charge in [0.25, 0.3) is 11.2 Å². The molecule has 2 aliphatic heterocycles. The molecule has 6 rings (SSSR count). The molecule has 488 valence electrons. The first-order valence-electron chi connectivity index (χ1n) is 26.9. The average Bonchev–Trinajstić information content (AvgIpc) is 1.48. The molecule has 0 spiro atoms. The van der Waals surface area contributed by atoms with Crippen molar-refractivity contribution in [2.24, 2.45) is 39.9 Å². The molecule has 3 aromatic rings. The lowest BCUT2D eigenvalue weighted by Gasteiger charge is -2.46. The standard InChI is InChI=1S/C22H22F6O3.C18H28F6O4.C18H20F6O3/c1-13(2)18(3)11-19(31-17(18)29,12-20(30,21(23,24)25)22(26,27)28)16-9-8-14-6-4-5-7-15(14)10-16;1-6-14(2,3)13(25)28-12-8-10(15(4,26)17(19,20)21)7-11(9-12)16(5,27)18(22,23)24;1-11(2)14(3)9-15(27-13(14)25,12-7-5-4-6-8-12)10-16(26,17(19,20)21)18(22,23)24/h4-10,13,30H,11-12H2,1-3H3;10-12,26-27H,6-9H2,1-5H3;4-8,11,26H,9-10H2,1-3H3. The lowest BCUT2D eigenvalue weighted by atomic mass is 9.67. The molecule has 86 heavy (non-hydrogen) atoms. The van der Waals surface area contributed by atoms with Crippen LogP contribution >= 0.6 is 0 Å². The summed E-state index contributed by atoms with van der Waals surface area (Å²) in [5.41, 5.74) is -24.9. The number of hydrogen-bond acceptors (Lipinski definition) is 10. The van der Waals surface area contributed by atoms with Crippen molar-refractivity contribution in [1.82, 2.24) is 0 Å². The van der Waals surface area contributed by atoms with Crippen molar-refractivity contribution in [3.05, 3.63) is 83.9 Å². The number of carbonyl (C=O) groups is 3. The van der Waals surface area contributed by atoms with E-state index in [2.05, 4.69) is 0 Å². The Hall–Kier alpha value is -5.09. The molecule has 3 aromatic carbocycles. The molecule has 2 heterocycles. The van der Waals surface area contributed by atoms with Crippen molar-refractivity contribution in [2.45, 2.75) is 204 Å². The summed E-state index contributed by atoms with van der Waals surface area (Å²) in [7, 11) is 0. The molecular formula is C58H70F18O10. The van der Waals surface area contributed by atoms with E-state index in [1.165, 1.54) is 62.4 Å². The summed E-state index contributed by atoms with van der Waals surface area (Å²) in [6, 6.07) is 18.0. The quantitative estimate of drug-likeness (QED) is 0.0737. The summed E-state index contributed by atoms with van der Waals surface area (Å²) >= 11 is 0. The third-order valence-electron chi connectivity index (χ3n) is 18.0. The first kappa shape index (κ1) is 73.4. The van der Waals surface area contributed by atoms with E-state index >= 15 is 0 Å². The van der Waals surface area contributed by atoms with Crippen LogP contribution < -0.4 is 0 Å². The highest BCUT2D eigenvalue weighted by Crippen LogP contribution is 2.60. The summed E-state index contributed by atoms with van der Waals surface area (Å²) in [6.45, 7) is 15.2. The zero-order valence-corrected chi connectivity index (χ0v) is 48.5. The lowest BCUT2D eigenvalue weighted by Crippen LogP contribution is -2.60. The molecule has 28 heteroatoms. The Morgan fingerprint density at radius 1 is 0.523 bits per heavy atom. The monoisotopic (exact) mass is 1270 g/mol. The lowest BCUT2D eigenvalue weighted by molar-refractivity contribution is -0.379. The van der Waals surface area contributed by atoms with Gasteiger partial charge in [-0.2, -0.15) is 79.0 Å². The number of benzene rings is 3. The first-order chi connectivity index (χ1) is 38.4. The predicted octanol–water partition coefficient (Wildman–Crippen LogP) is 15.0. The molecule has 3 fully saturated rings. The van der Waals surface area contributed by atoms with Crippen LogP contribution in [0.15, 0.2) is 72.8 Å². The number of cyclic esters (lactones) is 2. The maximum absolute atomic E-state index is 13.5. The molecule has 0 radical (unpaired) electrons. The van der Waals surface area contributed by atoms with Gasteiger partial charge in [0.05, 0.1) is 16.2 Å². The van der Waals surface area contributed by atoms with E-state index in [4.69, 9.17) is 14.2 Å². The molecule has 0 bridgehead atoms. The van der Waals surface area contributed by atoms with E-state index in [9.17, 15) is 114 Å². The molecule has 8 atom stereocenters. The third kappa shape index (κ3) is 14.2. The second-order valence-corrected chi connectivity index (χ2v) is 24.9. The van der Waals surface area contributed by atoms with E-state index in [1.54, 1.807) is 72.7 Å². The van der Waals surface area contributed by atoms with Crippen molar-refractivity contribution in [1.29, 1.82) is 0 Å². The molecule has 0 aromatic heterocycles. The van der Waals surface area contributed by atoms with Crippen molar-refractivity contribution in [3.8, 4) is 0 Å². The number of aliphatic hydroxyl groups is 4. The highest BCUT2D eigenvalue weighted by molar-refractivity contribution is 5.85. The van der Waals surface area contributed by atoms with Gasteiger partial charge in [0.15, 0.2) is 11.2 Å². The molecule has 4 N–H and O–H groups in total. The minimum atomic E-state index is -6.03. The van der Waals surface area contributed by atoms with Crippen molar-refractivity contribution >= 4 is 28.7 Å². The maximum atomic E-state index is 13.5. The molecule has 2 saturated heterocycles. The number of halogens is 18. The van der Waals surface area contributed by atoms with E-state index in [0.717, 1.165) is 0 Å². The number of esters is 3. The van der Waals surface area contributed by atoms with Crippen molar-refractivity contribution in [2.75, 3.05) is 0 Å². The second-order valence-electron chi connectivity index (χ2n) is 24.9. The Bertz CT molecular complexity index is 2790. The molecular weight excluding hydrogens is 1200 g/mol. The van der Waals surface area contributed by atoms with Crippen LogP contribution in [0.3, 0.4) is 0 Å². The maximum Gasteiger partial charge on any atom is 0.426 e. The van der Waals surface area contributed by atoms with Crippen LogP contribution in [-0.2, 0) is 39.8 Å². The van der Waals surface area contributed by atoms with Crippen molar-refractivity contribution < 1.29 is 128 Å². The smallest absolute Gasteiger partial charge is 0.426 e. The van der Waals surface area contributed by atoms with Gasteiger partial charge in [0, 0.05) is 37.5 Å². The Balaban J connectivity index is 0.000000277. The van der Waals surface area contributed by atoms with Gasteiger partial charge in [-0.05, 0) is 107 Å². The van der Waals surface area contributed by atoms with Crippen LogP contribution in [-0.4, -0.2) is 104 Å². The van der Waals surface area contributed by atoms with Gasteiger partial charge >= 0.3 is 55.0 Å². The SMILES string of the molecule is CC(C)C1(C)CC(CC(O)(C(F)(F)F)C(F)(F)F)(c2ccc3ccccc3c2)OC1=O.CC(C)C1(C)CC(CC(O)(C(F)(F)F)C(F)(F)F)(c2ccccc2)OC1=O.CCC(C)(C)C(=O)OC1CC(C(C)(O)C(F)(F)F)CC(C(C)(O)C(F)(F)F)C1. The van der Waals surface area contributed by atoms with Crippen molar-refractivity contribution in [3.63, 3.8) is 0 Å². The number of hydrogen-bond donors (Lipinski definition) is 4. The summed E-state index contributed by atoms with van der Waals surface area (Å²) in [5, 5.41) is 40.9. The van der Waals surface area contributed by atoms with Gasteiger partial charge < -0.3 is 34.6 Å². The Labute approximate surface area is 483 Å². The van der Waals surface area contributed by atoms with E-state index in [0.29, 0.717) is 31.0 Å². The largest absolute Gasteiger partial charge is 0.462 e. The number of fused-ring (bicyclic) bond motifs is 1. The van der Waals surface area contributed by atoms with Crippen LogP contribution in [0, 0.1) is 39.9 Å². The summed E-state index contributed by atoms with van der Waals surface area (Å²) in [4.78, 5) is 37.4. The number of carbonyl (C=O) groups excluding carboxylic acids is 3. The summed E-state index contributed by atoms with van der Waals surface area (Å²) < 4.78 is 256. The molecule has 1 saturated carbocycles. The van der Waals surface area contributed by atoms with Crippen LogP contribution in [0.5, 0.6) is 0 Å². The van der Waals surface area contributed by atoms with E-state index in [-0.39, 0.29) is 11.1 Å². The first-order valence-corrected chi connectivity index (χ1v) is 26.9. The minimum Gasteiger partial charge on any atom is -0.462 e. The highest BCUT2D eigenvalue weighted by Gasteiger charge is 2.76. The van der Waals surface area contributed by atoms with Crippen LogP contribution in [0.4, 0.5) is 79.0 Å². The zero-order chi connectivity index (χ0) is 66.7. The van der Waals surface area contributed by atoms with Gasteiger partial charge in [0.2, 0.25) is 0 Å². The van der Waals surface area contributed by atoms with Crippen LogP contribution in [0.1, 0.15) is 139 Å². The average molecular weight is 1270 g/mol. The van der Waals surface area contributed by atoms with E-state index < -0.39 is 180 Å². The Morgan fingerprint density at radius 2 is 0.872 bits per heavy atom. The fourth-order valence-electron chi connectivity index (χ4n) is 10.6. The van der Waals surface area contributed by atoms with Crippen LogP contribution in [0.25, 0.3) is 10.8 Å². The van der Waals surface area contributed by atoms with Gasteiger partial charge in [-0.15, -0.1) is 0 Å². The van der Waals surface area contributed by atoms with Gasteiger partial charge in [-0.25, -0.2) is 0 Å². The third-order valence-corrected chi connectivity index (χ3v) is 18.0. The topological polar surface area (TPSA) is 160 Å². The van der Waals surface area contributed by atoms with Gasteiger partial charge in [-0.1, -0.05) is 101 Å². The number of alkyl halides is 18. The normalized spacial score (nSPS) is 27.1. The zero-order valence-electron chi connectivity index (χ0n) is 48.5.